The van der Waals surface area contributed by atoms with Gasteiger partial charge >= 0.3 is 0 Å². The summed E-state index contributed by atoms with van der Waals surface area (Å²) in [5.74, 6) is 1.70. The first-order valence-corrected chi connectivity index (χ1v) is 6.40. The fraction of sp³-hybridized carbons (Fsp3) is 0.636. The minimum absolute atomic E-state index is 0.535. The van der Waals surface area contributed by atoms with E-state index in [0.29, 0.717) is 6.04 Å². The molecule has 1 fully saturated rings. The first kappa shape index (κ1) is 10.5. The van der Waals surface area contributed by atoms with Crippen molar-refractivity contribution in [2.75, 3.05) is 6.54 Å². The molecule has 0 radical (unpaired) electrons. The van der Waals surface area contributed by atoms with E-state index in [4.69, 9.17) is 11.6 Å². The van der Waals surface area contributed by atoms with E-state index in [9.17, 15) is 0 Å². The fourth-order valence-electron chi connectivity index (χ4n) is 1.99. The van der Waals surface area contributed by atoms with Crippen LogP contribution in [0.2, 0.25) is 4.34 Å². The topological polar surface area (TPSA) is 12.0 Å². The predicted molar refractivity (Wildman–Crippen MR) is 63.0 cm³/mol. The number of thiophene rings is 1. The van der Waals surface area contributed by atoms with Gasteiger partial charge in [-0.3, -0.25) is 0 Å². The lowest BCUT2D eigenvalue weighted by Gasteiger charge is -2.15. The monoisotopic (exact) mass is 229 g/mol. The van der Waals surface area contributed by atoms with Gasteiger partial charge in [-0.05, 0) is 36.9 Å². The van der Waals surface area contributed by atoms with Gasteiger partial charge in [-0.15, -0.1) is 11.3 Å². The summed E-state index contributed by atoms with van der Waals surface area (Å²) in [5, 5.41) is 3.56. The molecule has 1 aromatic rings. The quantitative estimate of drug-likeness (QED) is 0.830. The second kappa shape index (κ2) is 4.21. The fourth-order valence-corrected chi connectivity index (χ4v) is 3.21. The molecule has 1 N–H and O–H groups in total. The zero-order valence-electron chi connectivity index (χ0n) is 8.59. The second-order valence-electron chi connectivity index (χ2n) is 4.05. The Bertz CT molecular complexity index is 310. The second-order valence-corrected chi connectivity index (χ2v) is 5.80. The molecule has 1 aliphatic rings. The van der Waals surface area contributed by atoms with Gasteiger partial charge in [0.2, 0.25) is 0 Å². The van der Waals surface area contributed by atoms with E-state index in [2.05, 4.69) is 25.2 Å². The summed E-state index contributed by atoms with van der Waals surface area (Å²) in [4.78, 5) is 1.39. The molecular weight excluding hydrogens is 214 g/mol. The van der Waals surface area contributed by atoms with Crippen molar-refractivity contribution in [3.05, 3.63) is 21.3 Å². The molecule has 0 saturated heterocycles. The average molecular weight is 230 g/mol. The molecule has 1 nitrogen and oxygen atoms in total. The van der Waals surface area contributed by atoms with Crippen LogP contribution in [0.4, 0.5) is 0 Å². The van der Waals surface area contributed by atoms with Crippen LogP contribution in [0.3, 0.4) is 0 Å². The molecule has 2 rings (SSSR count). The van der Waals surface area contributed by atoms with Gasteiger partial charge in [0.05, 0.1) is 4.34 Å². The molecule has 78 valence electrons. The highest BCUT2D eigenvalue weighted by atomic mass is 35.5. The van der Waals surface area contributed by atoms with Gasteiger partial charge in [-0.25, -0.2) is 0 Å². The Hall–Kier alpha value is -0.0500. The minimum Gasteiger partial charge on any atom is -0.309 e. The molecule has 0 aromatic carbocycles. The highest BCUT2D eigenvalue weighted by molar-refractivity contribution is 7.16. The molecule has 1 saturated carbocycles. The largest absolute Gasteiger partial charge is 0.309 e. The molecule has 3 unspecified atom stereocenters. The van der Waals surface area contributed by atoms with Crippen molar-refractivity contribution >= 4 is 22.9 Å². The van der Waals surface area contributed by atoms with E-state index < -0.39 is 0 Å². The van der Waals surface area contributed by atoms with Gasteiger partial charge in [-0.2, -0.15) is 0 Å². The highest BCUT2D eigenvalue weighted by Gasteiger charge is 2.40. The zero-order chi connectivity index (χ0) is 10.1. The standard InChI is InChI=1S/C11H16ClNS/c1-3-13-11(8-6-7(8)2)9-4-5-10(12)14-9/h4-5,7-8,11,13H,3,6H2,1-2H3. The Labute approximate surface area is 94.5 Å². The van der Waals surface area contributed by atoms with Crippen molar-refractivity contribution in [2.24, 2.45) is 11.8 Å². The molecule has 1 heterocycles. The first-order valence-electron chi connectivity index (χ1n) is 5.21. The van der Waals surface area contributed by atoms with Crippen molar-refractivity contribution < 1.29 is 0 Å². The lowest BCUT2D eigenvalue weighted by Crippen LogP contribution is -2.22. The van der Waals surface area contributed by atoms with Gasteiger partial charge in [0.25, 0.3) is 0 Å². The summed E-state index contributed by atoms with van der Waals surface area (Å²) in [6, 6.07) is 4.69. The summed E-state index contributed by atoms with van der Waals surface area (Å²) in [6.45, 7) is 5.52. The number of halogens is 1. The van der Waals surface area contributed by atoms with Gasteiger partial charge < -0.3 is 5.32 Å². The van der Waals surface area contributed by atoms with Crippen molar-refractivity contribution in [3.8, 4) is 0 Å². The van der Waals surface area contributed by atoms with Crippen molar-refractivity contribution in [1.82, 2.24) is 5.32 Å². The third kappa shape index (κ3) is 2.13. The Morgan fingerprint density at radius 1 is 1.64 bits per heavy atom. The van der Waals surface area contributed by atoms with Crippen LogP contribution in [0.15, 0.2) is 12.1 Å². The third-order valence-corrected chi connectivity index (χ3v) is 4.24. The van der Waals surface area contributed by atoms with E-state index in [1.807, 2.05) is 6.07 Å². The number of hydrogen-bond acceptors (Lipinski definition) is 2. The van der Waals surface area contributed by atoms with Crippen LogP contribution in [0.5, 0.6) is 0 Å². The van der Waals surface area contributed by atoms with Crippen LogP contribution < -0.4 is 5.32 Å². The maximum absolute atomic E-state index is 5.96. The molecule has 0 aliphatic heterocycles. The molecule has 1 aromatic heterocycles. The van der Waals surface area contributed by atoms with E-state index >= 15 is 0 Å². The van der Waals surface area contributed by atoms with E-state index in [1.165, 1.54) is 11.3 Å². The van der Waals surface area contributed by atoms with Crippen LogP contribution in [-0.4, -0.2) is 6.54 Å². The molecule has 14 heavy (non-hydrogen) atoms. The molecular formula is C11H16ClNS. The number of rotatable bonds is 4. The van der Waals surface area contributed by atoms with Crippen LogP contribution >= 0.6 is 22.9 Å². The highest BCUT2D eigenvalue weighted by Crippen LogP contribution is 2.48. The van der Waals surface area contributed by atoms with Crippen molar-refractivity contribution in [1.29, 1.82) is 0 Å². The van der Waals surface area contributed by atoms with Crippen LogP contribution in [-0.2, 0) is 0 Å². The van der Waals surface area contributed by atoms with E-state index in [-0.39, 0.29) is 0 Å². The van der Waals surface area contributed by atoms with E-state index in [0.717, 1.165) is 22.7 Å². The average Bonchev–Trinajstić information content (AvgIpc) is 2.69. The Kier molecular flexibility index (Phi) is 3.15. The predicted octanol–water partition coefficient (Wildman–Crippen LogP) is 3.71. The zero-order valence-corrected chi connectivity index (χ0v) is 10.2. The summed E-state index contributed by atoms with van der Waals surface area (Å²) in [7, 11) is 0. The first-order chi connectivity index (χ1) is 6.72. The molecule has 0 bridgehead atoms. The normalized spacial score (nSPS) is 27.6. The minimum atomic E-state index is 0.535. The van der Waals surface area contributed by atoms with Crippen LogP contribution in [0.1, 0.15) is 31.2 Å². The smallest absolute Gasteiger partial charge is 0.0931 e. The molecule has 0 amide bonds. The molecule has 3 atom stereocenters. The maximum atomic E-state index is 5.96. The van der Waals surface area contributed by atoms with Gasteiger partial charge in [-0.1, -0.05) is 25.4 Å². The summed E-state index contributed by atoms with van der Waals surface area (Å²) >= 11 is 7.67. The summed E-state index contributed by atoms with van der Waals surface area (Å²) in [5.41, 5.74) is 0. The van der Waals surface area contributed by atoms with Crippen LogP contribution in [0, 0.1) is 11.8 Å². The van der Waals surface area contributed by atoms with Gasteiger partial charge in [0, 0.05) is 10.9 Å². The Balaban J connectivity index is 2.10. The third-order valence-electron chi connectivity index (χ3n) is 2.92. The van der Waals surface area contributed by atoms with Crippen molar-refractivity contribution in [2.45, 2.75) is 26.3 Å². The summed E-state index contributed by atoms with van der Waals surface area (Å²) in [6.07, 6.45) is 1.35. The maximum Gasteiger partial charge on any atom is 0.0931 e. The summed E-state index contributed by atoms with van der Waals surface area (Å²) < 4.78 is 0.899. The Morgan fingerprint density at radius 2 is 2.36 bits per heavy atom. The molecule has 0 spiro atoms. The van der Waals surface area contributed by atoms with Crippen LogP contribution in [0.25, 0.3) is 0 Å². The van der Waals surface area contributed by atoms with E-state index in [1.54, 1.807) is 11.3 Å². The van der Waals surface area contributed by atoms with Gasteiger partial charge in [0.1, 0.15) is 0 Å². The lowest BCUT2D eigenvalue weighted by atomic mass is 10.1. The van der Waals surface area contributed by atoms with Crippen molar-refractivity contribution in [3.63, 3.8) is 0 Å². The SMILES string of the molecule is CCNC(c1ccc(Cl)s1)C1CC1C. The number of nitrogens with one attached hydrogen (secondary N) is 1. The van der Waals surface area contributed by atoms with Gasteiger partial charge in [0.15, 0.2) is 0 Å². The molecule has 1 aliphatic carbocycles. The molecule has 3 heteroatoms. The Morgan fingerprint density at radius 3 is 2.79 bits per heavy atom. The number of hydrogen-bond donors (Lipinski definition) is 1. The lowest BCUT2D eigenvalue weighted by molar-refractivity contribution is 0.483.